The molecule has 1 saturated heterocycles. The number of furan rings is 1. The van der Waals surface area contributed by atoms with Crippen molar-refractivity contribution in [1.82, 2.24) is 5.32 Å². The maximum atomic E-state index is 12.3. The zero-order valence-corrected chi connectivity index (χ0v) is 16.0. The van der Waals surface area contributed by atoms with E-state index in [-0.39, 0.29) is 18.2 Å². The minimum atomic E-state index is -0.424. The van der Waals surface area contributed by atoms with E-state index in [1.54, 1.807) is 12.1 Å². The lowest BCUT2D eigenvalue weighted by Crippen LogP contribution is -2.33. The lowest BCUT2D eigenvalue weighted by Gasteiger charge is -2.25. The topological polar surface area (TPSA) is 74.6 Å². The summed E-state index contributed by atoms with van der Waals surface area (Å²) in [6.07, 6.45) is 4.83. The number of hydrogen-bond acceptors (Lipinski definition) is 4. The lowest BCUT2D eigenvalue weighted by atomic mass is 10.2. The smallest absolute Gasteiger partial charge is 0.287 e. The highest BCUT2D eigenvalue weighted by Crippen LogP contribution is 2.27. The van der Waals surface area contributed by atoms with Crippen LogP contribution in [0.3, 0.4) is 0 Å². The summed E-state index contributed by atoms with van der Waals surface area (Å²) in [6, 6.07) is 11.0. The van der Waals surface area contributed by atoms with E-state index in [2.05, 4.69) is 31.5 Å². The molecular formula is C19H22BrN3O3. The third-order valence-corrected chi connectivity index (χ3v) is 4.76. The summed E-state index contributed by atoms with van der Waals surface area (Å²) in [5, 5.41) is 5.47. The fraction of sp³-hybridized carbons (Fsp3) is 0.368. The second kappa shape index (κ2) is 8.89. The Labute approximate surface area is 161 Å². The molecule has 2 aromatic rings. The molecule has 138 valence electrons. The standard InChI is InChI=1S/C19H22BrN3O3/c20-17-10-9-16(26-17)19(25)21-13-18(24)22-14-7-3-4-8-15(14)23-11-5-1-2-6-12-23/h3-4,7-10H,1-2,5-6,11-13H2,(H,21,25)(H,22,24). The summed E-state index contributed by atoms with van der Waals surface area (Å²) < 4.78 is 5.64. The fourth-order valence-corrected chi connectivity index (χ4v) is 3.35. The number of rotatable bonds is 5. The fourth-order valence-electron chi connectivity index (χ4n) is 3.05. The van der Waals surface area contributed by atoms with Crippen molar-refractivity contribution in [2.75, 3.05) is 29.9 Å². The molecule has 0 aliphatic carbocycles. The van der Waals surface area contributed by atoms with E-state index >= 15 is 0 Å². The van der Waals surface area contributed by atoms with Gasteiger partial charge in [-0.2, -0.15) is 0 Å². The van der Waals surface area contributed by atoms with Crippen molar-refractivity contribution in [3.8, 4) is 0 Å². The zero-order chi connectivity index (χ0) is 18.4. The Hall–Kier alpha value is -2.28. The normalized spacial score (nSPS) is 14.6. The van der Waals surface area contributed by atoms with Crippen LogP contribution in [0.15, 0.2) is 45.5 Å². The minimum absolute atomic E-state index is 0.120. The van der Waals surface area contributed by atoms with Gasteiger partial charge in [0, 0.05) is 13.1 Å². The molecule has 1 aromatic carbocycles. The number of benzene rings is 1. The van der Waals surface area contributed by atoms with Crippen LogP contribution in [0, 0.1) is 0 Å². The van der Waals surface area contributed by atoms with Crippen molar-refractivity contribution < 1.29 is 14.0 Å². The van der Waals surface area contributed by atoms with Crippen molar-refractivity contribution in [3.63, 3.8) is 0 Å². The van der Waals surface area contributed by atoms with Gasteiger partial charge in [-0.25, -0.2) is 0 Å². The van der Waals surface area contributed by atoms with Crippen molar-refractivity contribution in [3.05, 3.63) is 46.8 Å². The molecule has 7 heteroatoms. The Bertz CT molecular complexity index is 767. The second-order valence-corrected chi connectivity index (χ2v) is 7.03. The van der Waals surface area contributed by atoms with E-state index in [0.717, 1.165) is 37.3 Å². The number of anilines is 2. The molecule has 2 amide bonds. The van der Waals surface area contributed by atoms with Crippen molar-refractivity contribution in [2.24, 2.45) is 0 Å². The van der Waals surface area contributed by atoms with Crippen LogP contribution in [-0.2, 0) is 4.79 Å². The largest absolute Gasteiger partial charge is 0.444 e. The summed E-state index contributed by atoms with van der Waals surface area (Å²) in [4.78, 5) is 26.5. The molecular weight excluding hydrogens is 398 g/mol. The van der Waals surface area contributed by atoms with Crippen LogP contribution >= 0.6 is 15.9 Å². The van der Waals surface area contributed by atoms with Gasteiger partial charge in [0.25, 0.3) is 5.91 Å². The molecule has 2 N–H and O–H groups in total. The summed E-state index contributed by atoms with van der Waals surface area (Å²) in [5.41, 5.74) is 1.80. The number of nitrogens with one attached hydrogen (secondary N) is 2. The molecule has 0 bridgehead atoms. The summed E-state index contributed by atoms with van der Waals surface area (Å²) in [7, 11) is 0. The first kappa shape index (κ1) is 18.5. The van der Waals surface area contributed by atoms with Gasteiger partial charge in [-0.15, -0.1) is 0 Å². The maximum absolute atomic E-state index is 12.3. The highest BCUT2D eigenvalue weighted by atomic mass is 79.9. The Kier molecular flexibility index (Phi) is 6.33. The number of nitrogens with zero attached hydrogens (tertiary/aromatic N) is 1. The predicted octanol–water partition coefficient (Wildman–Crippen LogP) is 3.79. The maximum Gasteiger partial charge on any atom is 0.287 e. The van der Waals surface area contributed by atoms with Gasteiger partial charge in [-0.1, -0.05) is 25.0 Å². The zero-order valence-electron chi connectivity index (χ0n) is 14.5. The lowest BCUT2D eigenvalue weighted by molar-refractivity contribution is -0.115. The van der Waals surface area contributed by atoms with Gasteiger partial charge in [0.05, 0.1) is 17.9 Å². The number of para-hydroxylation sites is 2. The Balaban J connectivity index is 1.59. The van der Waals surface area contributed by atoms with Crippen LogP contribution in [0.4, 0.5) is 11.4 Å². The average molecular weight is 420 g/mol. The molecule has 0 radical (unpaired) electrons. The van der Waals surface area contributed by atoms with Crippen LogP contribution in [-0.4, -0.2) is 31.4 Å². The van der Waals surface area contributed by atoms with E-state index in [1.807, 2.05) is 24.3 Å². The van der Waals surface area contributed by atoms with Gasteiger partial charge in [-0.05, 0) is 53.0 Å². The number of carbonyl (C=O) groups excluding carboxylic acids is 2. The van der Waals surface area contributed by atoms with Crippen LogP contribution in [0.1, 0.15) is 36.2 Å². The van der Waals surface area contributed by atoms with Gasteiger partial charge >= 0.3 is 0 Å². The van der Waals surface area contributed by atoms with E-state index in [0.29, 0.717) is 4.67 Å². The quantitative estimate of drug-likeness (QED) is 0.772. The molecule has 3 rings (SSSR count). The van der Waals surface area contributed by atoms with Gasteiger partial charge in [0.15, 0.2) is 10.4 Å². The Morgan fingerprint density at radius 1 is 1.04 bits per heavy atom. The van der Waals surface area contributed by atoms with Gasteiger partial charge < -0.3 is 20.0 Å². The molecule has 0 spiro atoms. The van der Waals surface area contributed by atoms with E-state index in [4.69, 9.17) is 4.42 Å². The SMILES string of the molecule is O=C(CNC(=O)c1ccc(Br)o1)Nc1ccccc1N1CCCCCC1. The molecule has 1 aromatic heterocycles. The molecule has 1 aliphatic heterocycles. The summed E-state index contributed by atoms with van der Waals surface area (Å²) in [6.45, 7) is 1.87. The first-order chi connectivity index (χ1) is 12.6. The van der Waals surface area contributed by atoms with Crippen molar-refractivity contribution >= 4 is 39.1 Å². The van der Waals surface area contributed by atoms with Crippen LogP contribution in [0.2, 0.25) is 0 Å². The average Bonchev–Trinajstić information content (AvgIpc) is 2.91. The van der Waals surface area contributed by atoms with E-state index in [1.165, 1.54) is 12.8 Å². The van der Waals surface area contributed by atoms with Crippen LogP contribution < -0.4 is 15.5 Å². The summed E-state index contributed by atoms with van der Waals surface area (Å²) in [5.74, 6) is -0.535. The number of halogens is 1. The van der Waals surface area contributed by atoms with Gasteiger partial charge in [0.1, 0.15) is 0 Å². The Morgan fingerprint density at radius 2 is 1.77 bits per heavy atom. The molecule has 2 heterocycles. The molecule has 26 heavy (non-hydrogen) atoms. The molecule has 1 aliphatic rings. The number of amides is 2. The molecule has 0 atom stereocenters. The molecule has 0 saturated carbocycles. The minimum Gasteiger partial charge on any atom is -0.444 e. The van der Waals surface area contributed by atoms with Gasteiger partial charge in [0.2, 0.25) is 5.91 Å². The third kappa shape index (κ3) is 4.88. The molecule has 1 fully saturated rings. The first-order valence-electron chi connectivity index (χ1n) is 8.81. The Morgan fingerprint density at radius 3 is 2.46 bits per heavy atom. The second-order valence-electron chi connectivity index (χ2n) is 6.25. The van der Waals surface area contributed by atoms with Crippen LogP contribution in [0.5, 0.6) is 0 Å². The van der Waals surface area contributed by atoms with E-state index in [9.17, 15) is 9.59 Å². The summed E-state index contributed by atoms with van der Waals surface area (Å²) >= 11 is 3.15. The monoisotopic (exact) mass is 419 g/mol. The van der Waals surface area contributed by atoms with E-state index < -0.39 is 5.91 Å². The highest BCUT2D eigenvalue weighted by Gasteiger charge is 2.16. The number of hydrogen-bond donors (Lipinski definition) is 2. The molecule has 0 unspecified atom stereocenters. The van der Waals surface area contributed by atoms with Crippen molar-refractivity contribution in [1.29, 1.82) is 0 Å². The van der Waals surface area contributed by atoms with Crippen molar-refractivity contribution in [2.45, 2.75) is 25.7 Å². The predicted molar refractivity (Wildman–Crippen MR) is 104 cm³/mol. The van der Waals surface area contributed by atoms with Crippen LogP contribution in [0.25, 0.3) is 0 Å². The first-order valence-corrected chi connectivity index (χ1v) is 9.60. The number of carbonyl (C=O) groups is 2. The third-order valence-electron chi connectivity index (χ3n) is 4.33. The van der Waals surface area contributed by atoms with Gasteiger partial charge in [-0.3, -0.25) is 9.59 Å². The highest BCUT2D eigenvalue weighted by molar-refractivity contribution is 9.10. The molecule has 6 nitrogen and oxygen atoms in total.